The highest BCUT2D eigenvalue weighted by Gasteiger charge is 2.14. The zero-order valence-corrected chi connectivity index (χ0v) is 14.3. The van der Waals surface area contributed by atoms with Gasteiger partial charge >= 0.3 is 5.97 Å². The molecule has 2 rings (SSSR count). The van der Waals surface area contributed by atoms with Crippen LogP contribution in [0.1, 0.15) is 54.9 Å². The zero-order valence-electron chi connectivity index (χ0n) is 14.3. The molecule has 0 saturated carbocycles. The Bertz CT molecular complexity index is 707. The molecule has 1 amide bonds. The Labute approximate surface area is 141 Å². The number of aromatic amines is 1. The number of anilines is 1. The molecule has 128 valence electrons. The minimum atomic E-state index is -0.611. The van der Waals surface area contributed by atoms with Crippen LogP contribution in [-0.2, 0) is 16.0 Å². The van der Waals surface area contributed by atoms with E-state index in [2.05, 4.69) is 29.4 Å². The molecule has 2 N–H and O–H groups in total. The highest BCUT2D eigenvalue weighted by atomic mass is 16.5. The Morgan fingerprint density at radius 3 is 2.79 bits per heavy atom. The van der Waals surface area contributed by atoms with E-state index in [9.17, 15) is 9.59 Å². The van der Waals surface area contributed by atoms with Crippen molar-refractivity contribution in [3.05, 3.63) is 47.3 Å². The number of carbonyl (C=O) groups excluding carboxylic acids is 2. The van der Waals surface area contributed by atoms with Crippen molar-refractivity contribution in [1.82, 2.24) is 10.2 Å². The number of aryl methyl sites for hydroxylation is 1. The number of esters is 1. The summed E-state index contributed by atoms with van der Waals surface area (Å²) >= 11 is 0. The van der Waals surface area contributed by atoms with Crippen LogP contribution in [0, 0.1) is 0 Å². The Balaban J connectivity index is 1.86. The fourth-order valence-electron chi connectivity index (χ4n) is 2.24. The highest BCUT2D eigenvalue weighted by molar-refractivity contribution is 5.94. The lowest BCUT2D eigenvalue weighted by Gasteiger charge is -2.09. The summed E-state index contributed by atoms with van der Waals surface area (Å²) in [5.74, 6) is -0.620. The van der Waals surface area contributed by atoms with E-state index in [1.54, 1.807) is 12.1 Å². The average Bonchev–Trinajstić information content (AvgIpc) is 3.02. The maximum Gasteiger partial charge on any atom is 0.359 e. The van der Waals surface area contributed by atoms with Crippen molar-refractivity contribution >= 4 is 17.6 Å². The number of hydrogen-bond donors (Lipinski definition) is 2. The molecule has 0 bridgehead atoms. The first-order valence-corrected chi connectivity index (χ1v) is 8.10. The van der Waals surface area contributed by atoms with Gasteiger partial charge in [-0.3, -0.25) is 9.89 Å². The quantitative estimate of drug-likeness (QED) is 0.764. The van der Waals surface area contributed by atoms with Crippen molar-refractivity contribution in [1.29, 1.82) is 0 Å². The predicted octanol–water partition coefficient (Wildman–Crippen LogP) is 3.28. The van der Waals surface area contributed by atoms with Gasteiger partial charge in [-0.15, -0.1) is 0 Å². The molecular formula is C18H23N3O3. The first kappa shape index (κ1) is 17.7. The van der Waals surface area contributed by atoms with Gasteiger partial charge in [-0.1, -0.05) is 39.3 Å². The molecule has 0 aliphatic rings. The number of hydrogen-bond acceptors (Lipinski definition) is 4. The van der Waals surface area contributed by atoms with E-state index in [1.807, 2.05) is 25.1 Å². The van der Waals surface area contributed by atoms with E-state index < -0.39 is 5.97 Å². The third kappa shape index (κ3) is 4.94. The Hall–Kier alpha value is -2.63. The normalized spacial score (nSPS) is 10.7. The van der Waals surface area contributed by atoms with Crippen LogP contribution in [0.25, 0.3) is 0 Å². The fraction of sp³-hybridized carbons (Fsp3) is 0.389. The van der Waals surface area contributed by atoms with Gasteiger partial charge < -0.3 is 10.1 Å². The molecule has 0 aliphatic carbocycles. The van der Waals surface area contributed by atoms with Gasteiger partial charge in [0.05, 0.1) is 0 Å². The summed E-state index contributed by atoms with van der Waals surface area (Å²) in [4.78, 5) is 23.8. The first-order valence-electron chi connectivity index (χ1n) is 8.10. The van der Waals surface area contributed by atoms with E-state index in [0.29, 0.717) is 11.6 Å². The lowest BCUT2D eigenvalue weighted by Crippen LogP contribution is -2.21. The molecule has 1 heterocycles. The molecule has 0 aliphatic heterocycles. The maximum absolute atomic E-state index is 11.9. The smallest absolute Gasteiger partial charge is 0.359 e. The molecule has 1 aromatic carbocycles. The van der Waals surface area contributed by atoms with E-state index >= 15 is 0 Å². The number of rotatable bonds is 7. The lowest BCUT2D eigenvalue weighted by atomic mass is 10.0. The molecule has 0 spiro atoms. The van der Waals surface area contributed by atoms with Crippen LogP contribution in [-0.4, -0.2) is 28.7 Å². The van der Waals surface area contributed by atoms with Crippen LogP contribution in [0.4, 0.5) is 5.69 Å². The topological polar surface area (TPSA) is 84.1 Å². The number of nitrogens with one attached hydrogen (secondary N) is 2. The molecule has 0 saturated heterocycles. The molecular weight excluding hydrogens is 306 g/mol. The van der Waals surface area contributed by atoms with Crippen molar-refractivity contribution in [2.24, 2.45) is 0 Å². The number of nitrogens with zero attached hydrogens (tertiary/aromatic N) is 1. The molecule has 2 aromatic rings. The second-order valence-corrected chi connectivity index (χ2v) is 5.93. The maximum atomic E-state index is 11.9. The van der Waals surface area contributed by atoms with Crippen molar-refractivity contribution in [2.75, 3.05) is 11.9 Å². The second-order valence-electron chi connectivity index (χ2n) is 5.93. The van der Waals surface area contributed by atoms with Crippen LogP contribution in [0.2, 0.25) is 0 Å². The van der Waals surface area contributed by atoms with Crippen molar-refractivity contribution < 1.29 is 14.3 Å². The van der Waals surface area contributed by atoms with Crippen LogP contribution in [0.15, 0.2) is 30.3 Å². The predicted molar refractivity (Wildman–Crippen MR) is 92.0 cm³/mol. The largest absolute Gasteiger partial charge is 0.451 e. The van der Waals surface area contributed by atoms with E-state index in [-0.39, 0.29) is 18.2 Å². The minimum absolute atomic E-state index is 0.188. The summed E-state index contributed by atoms with van der Waals surface area (Å²) in [5.41, 5.74) is 2.88. The highest BCUT2D eigenvalue weighted by Crippen LogP contribution is 2.18. The standard InChI is InChI=1S/C18H23N3O3/c1-4-6-15-10-16(21-20-15)18(23)24-11-17(22)19-14-8-5-7-13(9-14)12(2)3/h5,7-10,12H,4,6,11H2,1-3H3,(H,19,22)(H,20,21). The summed E-state index contributed by atoms with van der Waals surface area (Å²) in [7, 11) is 0. The van der Waals surface area contributed by atoms with Crippen LogP contribution < -0.4 is 5.32 Å². The third-order valence-corrected chi connectivity index (χ3v) is 3.53. The summed E-state index contributed by atoms with van der Waals surface area (Å²) in [6.07, 6.45) is 1.77. The molecule has 0 atom stereocenters. The minimum Gasteiger partial charge on any atom is -0.451 e. The molecule has 0 fully saturated rings. The van der Waals surface area contributed by atoms with Gasteiger partial charge in [0.1, 0.15) is 0 Å². The van der Waals surface area contributed by atoms with Crippen molar-refractivity contribution in [3.8, 4) is 0 Å². The Morgan fingerprint density at radius 2 is 2.08 bits per heavy atom. The number of H-pyrrole nitrogens is 1. The number of carbonyl (C=O) groups is 2. The molecule has 0 radical (unpaired) electrons. The lowest BCUT2D eigenvalue weighted by molar-refractivity contribution is -0.119. The van der Waals surface area contributed by atoms with Gasteiger partial charge in [0, 0.05) is 11.4 Å². The van der Waals surface area contributed by atoms with E-state index in [0.717, 1.165) is 24.1 Å². The summed E-state index contributed by atoms with van der Waals surface area (Å²) in [6, 6.07) is 9.25. The third-order valence-electron chi connectivity index (χ3n) is 3.53. The Kier molecular flexibility index (Phi) is 6.12. The summed E-state index contributed by atoms with van der Waals surface area (Å²) in [6.45, 7) is 5.86. The molecule has 6 nitrogen and oxygen atoms in total. The summed E-state index contributed by atoms with van der Waals surface area (Å²) < 4.78 is 5.00. The van der Waals surface area contributed by atoms with Gasteiger partial charge in [-0.25, -0.2) is 4.79 Å². The van der Waals surface area contributed by atoms with Gasteiger partial charge in [0.2, 0.25) is 0 Å². The van der Waals surface area contributed by atoms with Crippen LogP contribution >= 0.6 is 0 Å². The average molecular weight is 329 g/mol. The van der Waals surface area contributed by atoms with Gasteiger partial charge in [0.25, 0.3) is 5.91 Å². The molecule has 6 heteroatoms. The van der Waals surface area contributed by atoms with Crippen molar-refractivity contribution in [2.45, 2.75) is 39.5 Å². The number of benzene rings is 1. The molecule has 24 heavy (non-hydrogen) atoms. The van der Waals surface area contributed by atoms with Gasteiger partial charge in [0.15, 0.2) is 12.3 Å². The number of amides is 1. The number of aromatic nitrogens is 2. The van der Waals surface area contributed by atoms with E-state index in [4.69, 9.17) is 4.74 Å². The SMILES string of the molecule is CCCc1cc(C(=O)OCC(=O)Nc2cccc(C(C)C)c2)n[nH]1. The van der Waals surface area contributed by atoms with E-state index in [1.165, 1.54) is 0 Å². The molecule has 1 aromatic heterocycles. The summed E-state index contributed by atoms with van der Waals surface area (Å²) in [5, 5.41) is 9.40. The second kappa shape index (κ2) is 8.29. The Morgan fingerprint density at radius 1 is 1.29 bits per heavy atom. The van der Waals surface area contributed by atoms with Crippen molar-refractivity contribution in [3.63, 3.8) is 0 Å². The monoisotopic (exact) mass is 329 g/mol. The zero-order chi connectivity index (χ0) is 17.5. The number of ether oxygens (including phenoxy) is 1. The first-order chi connectivity index (χ1) is 11.5. The van der Waals surface area contributed by atoms with Crippen LogP contribution in [0.3, 0.4) is 0 Å². The van der Waals surface area contributed by atoms with Gasteiger partial charge in [-0.2, -0.15) is 5.10 Å². The fourth-order valence-corrected chi connectivity index (χ4v) is 2.24. The molecule has 0 unspecified atom stereocenters. The van der Waals surface area contributed by atoms with Crippen LogP contribution in [0.5, 0.6) is 0 Å². The van der Waals surface area contributed by atoms with Gasteiger partial charge in [-0.05, 0) is 36.1 Å².